The van der Waals surface area contributed by atoms with Crippen molar-refractivity contribution >= 4 is 108 Å². The number of fused-ring (bicyclic) bond motifs is 12. The molecule has 0 heterocycles. The molecule has 0 aliphatic heterocycles. The summed E-state index contributed by atoms with van der Waals surface area (Å²) in [6, 6.07) is 82.8. The Morgan fingerprint density at radius 1 is 0.194 bits per heavy atom. The van der Waals surface area contributed by atoms with E-state index in [0.29, 0.717) is 0 Å². The smallest absolute Gasteiger partial charge is 0.000718 e. The van der Waals surface area contributed by atoms with Gasteiger partial charge in [-0.05, 0) is 206 Å². The summed E-state index contributed by atoms with van der Waals surface area (Å²) in [5, 5.41) is 27.1. The SMILES string of the molecule is Cc1c2c3cccc4cccc(c2c(C)c2c5ccc6c7ccc8c9c(ccc(c%10ccc(c12)c5c%106)c97)-c1c(-c2ccccc2)c(-c2ccccc2)c(-c2ccc5ccccc5c2)c(-c2ccccc2)c1-8)c43. The second-order valence-electron chi connectivity index (χ2n) is 20.5. The van der Waals surface area contributed by atoms with E-state index in [2.05, 4.69) is 232 Å². The van der Waals surface area contributed by atoms with Gasteiger partial charge in [-0.2, -0.15) is 0 Å². The van der Waals surface area contributed by atoms with Crippen LogP contribution in [0.1, 0.15) is 11.1 Å². The lowest BCUT2D eigenvalue weighted by atomic mass is 9.76. The molecule has 16 aromatic rings. The van der Waals surface area contributed by atoms with Crippen molar-refractivity contribution in [2.45, 2.75) is 13.8 Å². The Kier molecular flexibility index (Phi) is 7.43. The van der Waals surface area contributed by atoms with Gasteiger partial charge in [0, 0.05) is 0 Å². The molecule has 0 atom stereocenters. The van der Waals surface area contributed by atoms with Crippen LogP contribution in [0, 0.1) is 13.8 Å². The fourth-order valence-corrected chi connectivity index (χ4v) is 14.4. The summed E-state index contributed by atoms with van der Waals surface area (Å²) in [7, 11) is 0. The average molecular weight is 907 g/mol. The predicted molar refractivity (Wildman–Crippen MR) is 311 cm³/mol. The van der Waals surface area contributed by atoms with Gasteiger partial charge >= 0.3 is 0 Å². The Hall–Kier alpha value is -9.10. The molecule has 0 fully saturated rings. The molecule has 0 bridgehead atoms. The van der Waals surface area contributed by atoms with Gasteiger partial charge < -0.3 is 0 Å². The fraction of sp³-hybridized carbons (Fsp3) is 0.0278. The maximum atomic E-state index is 2.48. The highest BCUT2D eigenvalue weighted by molar-refractivity contribution is 6.46. The number of aryl methyl sites for hydroxylation is 2. The van der Waals surface area contributed by atoms with Crippen LogP contribution in [0.5, 0.6) is 0 Å². The van der Waals surface area contributed by atoms with Crippen molar-refractivity contribution in [3.05, 3.63) is 230 Å². The van der Waals surface area contributed by atoms with E-state index in [-0.39, 0.29) is 0 Å². The van der Waals surface area contributed by atoms with Gasteiger partial charge in [0.2, 0.25) is 0 Å². The van der Waals surface area contributed by atoms with Gasteiger partial charge in [-0.15, -0.1) is 0 Å². The van der Waals surface area contributed by atoms with E-state index in [0.717, 1.165) is 0 Å². The average Bonchev–Trinajstić information content (AvgIpc) is 4.09. The van der Waals surface area contributed by atoms with E-state index in [9.17, 15) is 0 Å². The van der Waals surface area contributed by atoms with Crippen molar-refractivity contribution in [3.8, 4) is 66.8 Å². The number of rotatable bonds is 4. The Morgan fingerprint density at radius 3 is 1.06 bits per heavy atom. The summed E-state index contributed by atoms with van der Waals surface area (Å²) in [6.07, 6.45) is 0. The first-order valence-corrected chi connectivity index (χ1v) is 25.4. The van der Waals surface area contributed by atoms with Crippen molar-refractivity contribution in [2.24, 2.45) is 0 Å². The Labute approximate surface area is 415 Å². The van der Waals surface area contributed by atoms with Gasteiger partial charge in [0.1, 0.15) is 0 Å². The van der Waals surface area contributed by atoms with Gasteiger partial charge in [-0.25, -0.2) is 0 Å². The maximum absolute atomic E-state index is 2.48. The van der Waals surface area contributed by atoms with Gasteiger partial charge in [0.05, 0.1) is 0 Å². The van der Waals surface area contributed by atoms with E-state index in [1.54, 1.807) is 0 Å². The molecular formula is C72H42. The summed E-state index contributed by atoms with van der Waals surface area (Å²) in [4.78, 5) is 0. The summed E-state index contributed by atoms with van der Waals surface area (Å²) in [5.41, 5.74) is 18.0. The van der Waals surface area contributed by atoms with Crippen LogP contribution in [0.3, 0.4) is 0 Å². The number of hydrogen-bond donors (Lipinski definition) is 0. The number of benzene rings is 14. The molecule has 17 rings (SSSR count). The Bertz CT molecular complexity index is 4860. The van der Waals surface area contributed by atoms with Crippen molar-refractivity contribution in [3.63, 3.8) is 0 Å². The molecule has 1 aliphatic rings. The summed E-state index contributed by atoms with van der Waals surface area (Å²) < 4.78 is 0. The van der Waals surface area contributed by atoms with Crippen molar-refractivity contribution in [1.82, 2.24) is 0 Å². The quantitative estimate of drug-likeness (QED) is 0.122. The number of hydrogen-bond acceptors (Lipinski definition) is 0. The molecule has 0 nitrogen and oxygen atoms in total. The van der Waals surface area contributed by atoms with E-state index in [1.807, 2.05) is 0 Å². The minimum atomic E-state index is 1.21. The third-order valence-corrected chi connectivity index (χ3v) is 17.1. The molecule has 330 valence electrons. The highest BCUT2D eigenvalue weighted by atomic mass is 14.4. The topological polar surface area (TPSA) is 0 Å². The largest absolute Gasteiger partial charge is 0.0622 e. The lowest BCUT2D eigenvalue weighted by Crippen LogP contribution is -1.99. The predicted octanol–water partition coefficient (Wildman–Crippen LogP) is 20.5. The first-order valence-electron chi connectivity index (χ1n) is 25.4. The minimum Gasteiger partial charge on any atom is -0.0622 e. The molecule has 0 spiro atoms. The fourth-order valence-electron chi connectivity index (χ4n) is 14.4. The van der Waals surface area contributed by atoms with Crippen LogP contribution >= 0.6 is 0 Å². The second kappa shape index (κ2) is 13.8. The zero-order valence-corrected chi connectivity index (χ0v) is 39.8. The van der Waals surface area contributed by atoms with Crippen molar-refractivity contribution in [2.75, 3.05) is 0 Å². The lowest BCUT2D eigenvalue weighted by molar-refractivity contribution is 1.55. The Morgan fingerprint density at radius 2 is 0.556 bits per heavy atom. The standard InChI is InChI=1S/C72H42/c1-39-58-52-26-14-24-42-25-15-27-53(62(42)52)59(58)40(2)61-55-35-31-49-51-33-37-57-70-56(36-32-50(68(51)70)48-30-34-54(60(39)61)69(55)67(48)49)71-64(44-19-8-4-9-20-44)63(43-17-6-3-7-18-43)66(65(72(57)71)45-21-10-5-11-22-45)47-29-28-41-16-12-13-23-46(41)38-47/h3-38H,1-2H3. The molecule has 0 radical (unpaired) electrons. The van der Waals surface area contributed by atoms with Gasteiger partial charge in [-0.1, -0.05) is 212 Å². The van der Waals surface area contributed by atoms with Gasteiger partial charge in [0.25, 0.3) is 0 Å². The molecule has 0 saturated carbocycles. The molecule has 0 N–H and O–H groups in total. The monoisotopic (exact) mass is 906 g/mol. The van der Waals surface area contributed by atoms with Crippen LogP contribution in [0.25, 0.3) is 174 Å². The molecule has 0 saturated heterocycles. The highest BCUT2D eigenvalue weighted by Gasteiger charge is 2.35. The molecule has 0 amide bonds. The van der Waals surface area contributed by atoms with E-state index < -0.39 is 0 Å². The maximum Gasteiger partial charge on any atom is -0.000718 e. The molecular weight excluding hydrogens is 865 g/mol. The van der Waals surface area contributed by atoms with E-state index in [4.69, 9.17) is 0 Å². The molecule has 0 unspecified atom stereocenters. The molecule has 16 aromatic carbocycles. The Balaban J connectivity index is 1.03. The van der Waals surface area contributed by atoms with E-state index >= 15 is 0 Å². The molecule has 72 heavy (non-hydrogen) atoms. The zero-order chi connectivity index (χ0) is 47.1. The molecule has 0 heteroatoms. The van der Waals surface area contributed by atoms with Crippen LogP contribution in [0.4, 0.5) is 0 Å². The third kappa shape index (κ3) is 4.73. The summed E-state index contributed by atoms with van der Waals surface area (Å²) >= 11 is 0. The third-order valence-electron chi connectivity index (χ3n) is 17.1. The zero-order valence-electron chi connectivity index (χ0n) is 39.8. The van der Waals surface area contributed by atoms with Gasteiger partial charge in [0.15, 0.2) is 0 Å². The minimum absolute atomic E-state index is 1.21. The van der Waals surface area contributed by atoms with Crippen molar-refractivity contribution in [1.29, 1.82) is 0 Å². The molecule has 1 aliphatic carbocycles. The highest BCUT2D eigenvalue weighted by Crippen LogP contribution is 2.63. The van der Waals surface area contributed by atoms with E-state index in [1.165, 1.54) is 186 Å². The van der Waals surface area contributed by atoms with Crippen LogP contribution < -0.4 is 0 Å². The van der Waals surface area contributed by atoms with Crippen LogP contribution in [-0.4, -0.2) is 0 Å². The van der Waals surface area contributed by atoms with Crippen molar-refractivity contribution < 1.29 is 0 Å². The molecule has 0 aromatic heterocycles. The first-order chi connectivity index (χ1) is 35.6. The van der Waals surface area contributed by atoms with Crippen LogP contribution in [0.2, 0.25) is 0 Å². The second-order valence-corrected chi connectivity index (χ2v) is 20.5. The summed E-state index contributed by atoms with van der Waals surface area (Å²) in [6.45, 7) is 4.77. The lowest BCUT2D eigenvalue weighted by Gasteiger charge is -2.26. The summed E-state index contributed by atoms with van der Waals surface area (Å²) in [5.74, 6) is 0. The first kappa shape index (κ1) is 38.7. The van der Waals surface area contributed by atoms with Gasteiger partial charge in [-0.3, -0.25) is 0 Å². The van der Waals surface area contributed by atoms with Crippen LogP contribution in [-0.2, 0) is 0 Å². The normalized spacial score (nSPS) is 12.6. The van der Waals surface area contributed by atoms with Crippen LogP contribution in [0.15, 0.2) is 218 Å².